The first kappa shape index (κ1) is 23.3. The molecule has 6 nitrogen and oxygen atoms in total. The van der Waals surface area contributed by atoms with E-state index in [9.17, 15) is 27.2 Å². The smallest absolute Gasteiger partial charge is 0.416 e. The van der Waals surface area contributed by atoms with Crippen LogP contribution in [-0.4, -0.2) is 20.6 Å². The number of rotatable bonds is 6. The van der Waals surface area contributed by atoms with Crippen LogP contribution in [0.15, 0.2) is 47.3 Å². The predicted molar refractivity (Wildman–Crippen MR) is 110 cm³/mol. The van der Waals surface area contributed by atoms with Crippen LogP contribution in [0.4, 0.5) is 29.1 Å². The van der Waals surface area contributed by atoms with Crippen LogP contribution < -0.4 is 10.9 Å². The Hall–Kier alpha value is -3.40. The molecule has 0 atom stereocenters. The summed E-state index contributed by atoms with van der Waals surface area (Å²) in [6, 6.07) is 8.33. The summed E-state index contributed by atoms with van der Waals surface area (Å²) in [7, 11) is 0. The fourth-order valence-electron chi connectivity index (χ4n) is 2.95. The number of aromatic nitrogens is 2. The first-order valence-electron chi connectivity index (χ1n) is 9.21. The number of alkyl halides is 3. The largest absolute Gasteiger partial charge is 0.481 e. The third-order valence-electron chi connectivity index (χ3n) is 4.62. The highest BCUT2D eigenvalue weighted by Crippen LogP contribution is 2.32. The fraction of sp³-hybridized carbons (Fsp3) is 0.190. The first-order chi connectivity index (χ1) is 15.0. The zero-order valence-electron chi connectivity index (χ0n) is 16.5. The number of anilines is 2. The third kappa shape index (κ3) is 5.08. The zero-order valence-corrected chi connectivity index (χ0v) is 17.3. The van der Waals surface area contributed by atoms with Crippen LogP contribution in [0.5, 0.6) is 0 Å². The van der Waals surface area contributed by atoms with Crippen molar-refractivity contribution >= 4 is 29.1 Å². The van der Waals surface area contributed by atoms with E-state index in [1.807, 2.05) is 0 Å². The predicted octanol–water partition coefficient (Wildman–Crippen LogP) is 5.11. The van der Waals surface area contributed by atoms with Crippen LogP contribution >= 0.6 is 11.6 Å². The van der Waals surface area contributed by atoms with Crippen LogP contribution in [0.1, 0.15) is 23.2 Å². The summed E-state index contributed by atoms with van der Waals surface area (Å²) < 4.78 is 53.6. The molecule has 1 heterocycles. The van der Waals surface area contributed by atoms with E-state index in [4.69, 9.17) is 16.7 Å². The zero-order chi connectivity index (χ0) is 23.6. The maximum atomic E-state index is 14.2. The van der Waals surface area contributed by atoms with E-state index in [1.165, 1.54) is 11.5 Å². The van der Waals surface area contributed by atoms with Crippen LogP contribution in [0.2, 0.25) is 5.15 Å². The van der Waals surface area contributed by atoms with E-state index in [-0.39, 0.29) is 28.8 Å². The molecule has 0 fully saturated rings. The molecule has 0 saturated heterocycles. The highest BCUT2D eigenvalue weighted by Gasteiger charge is 2.31. The summed E-state index contributed by atoms with van der Waals surface area (Å²) in [5.41, 5.74) is -0.828. The second-order valence-electron chi connectivity index (χ2n) is 6.85. The van der Waals surface area contributed by atoms with Crippen molar-refractivity contribution in [1.82, 2.24) is 9.55 Å². The van der Waals surface area contributed by atoms with Crippen LogP contribution in [0, 0.1) is 12.7 Å². The standard InChI is InChI=1S/C21H16ClF4N3O3/c1-11-18(22)28-19(27-16-8-5-13(10-15(16)23)21(24,25)26)20(32)29(11)14-6-2-12(3-7-14)4-9-17(30)31/h2-3,5-8,10H,4,9H2,1H3,(H,27,28)(H,30,31). The number of aliphatic carboxylic acids is 1. The van der Waals surface area contributed by atoms with Crippen molar-refractivity contribution in [1.29, 1.82) is 0 Å². The summed E-state index contributed by atoms with van der Waals surface area (Å²) in [6.45, 7) is 1.54. The molecule has 0 radical (unpaired) electrons. The van der Waals surface area contributed by atoms with E-state index in [0.717, 1.165) is 11.6 Å². The lowest BCUT2D eigenvalue weighted by atomic mass is 10.1. The Morgan fingerprint density at radius 1 is 1.19 bits per heavy atom. The number of carboxylic acids is 1. The molecule has 0 aliphatic rings. The molecular weight excluding hydrogens is 454 g/mol. The average Bonchev–Trinajstić information content (AvgIpc) is 2.72. The maximum absolute atomic E-state index is 14.2. The Balaban J connectivity index is 1.97. The molecule has 0 unspecified atom stereocenters. The highest BCUT2D eigenvalue weighted by molar-refractivity contribution is 6.30. The van der Waals surface area contributed by atoms with Gasteiger partial charge in [0.05, 0.1) is 16.9 Å². The van der Waals surface area contributed by atoms with Gasteiger partial charge in [-0.1, -0.05) is 23.7 Å². The molecule has 0 aliphatic carbocycles. The molecule has 2 aromatic carbocycles. The Morgan fingerprint density at radius 3 is 2.41 bits per heavy atom. The Bertz CT molecular complexity index is 1220. The highest BCUT2D eigenvalue weighted by atomic mass is 35.5. The number of halogens is 5. The van der Waals surface area contributed by atoms with Gasteiger partial charge in [-0.25, -0.2) is 9.37 Å². The van der Waals surface area contributed by atoms with Gasteiger partial charge in [-0.15, -0.1) is 0 Å². The summed E-state index contributed by atoms with van der Waals surface area (Å²) in [4.78, 5) is 27.6. The first-order valence-corrected chi connectivity index (χ1v) is 9.59. The lowest BCUT2D eigenvalue weighted by Gasteiger charge is -2.15. The Labute approximate surface area is 184 Å². The number of aryl methyl sites for hydroxylation is 1. The monoisotopic (exact) mass is 469 g/mol. The van der Waals surface area contributed by atoms with Crippen LogP contribution in [0.25, 0.3) is 5.69 Å². The van der Waals surface area contributed by atoms with Gasteiger partial charge in [0.2, 0.25) is 0 Å². The average molecular weight is 470 g/mol. The number of carboxylic acid groups (broad SMARTS) is 1. The lowest BCUT2D eigenvalue weighted by Crippen LogP contribution is -2.25. The van der Waals surface area contributed by atoms with Gasteiger partial charge in [-0.2, -0.15) is 13.2 Å². The molecule has 11 heteroatoms. The fourth-order valence-corrected chi connectivity index (χ4v) is 3.12. The van der Waals surface area contributed by atoms with Crippen molar-refractivity contribution < 1.29 is 27.5 Å². The van der Waals surface area contributed by atoms with Gasteiger partial charge in [0.15, 0.2) is 11.0 Å². The molecule has 0 saturated carbocycles. The summed E-state index contributed by atoms with van der Waals surface area (Å²) in [6.07, 6.45) is -4.46. The SMILES string of the molecule is Cc1c(Cl)nc(Nc2ccc(C(F)(F)F)cc2F)c(=O)n1-c1ccc(CCC(=O)O)cc1. The normalized spacial score (nSPS) is 11.4. The summed E-state index contributed by atoms with van der Waals surface area (Å²) in [5, 5.41) is 11.1. The lowest BCUT2D eigenvalue weighted by molar-refractivity contribution is -0.138. The molecular formula is C21H16ClF4N3O3. The van der Waals surface area contributed by atoms with Crippen molar-refractivity contribution in [3.8, 4) is 5.69 Å². The minimum atomic E-state index is -4.71. The van der Waals surface area contributed by atoms with Crippen molar-refractivity contribution in [2.75, 3.05) is 5.32 Å². The number of hydrogen-bond acceptors (Lipinski definition) is 4. The maximum Gasteiger partial charge on any atom is 0.416 e. The molecule has 1 aromatic heterocycles. The summed E-state index contributed by atoms with van der Waals surface area (Å²) >= 11 is 6.13. The van der Waals surface area contributed by atoms with Gasteiger partial charge in [-0.3, -0.25) is 14.2 Å². The molecule has 32 heavy (non-hydrogen) atoms. The van der Waals surface area contributed by atoms with Gasteiger partial charge in [0.1, 0.15) is 5.82 Å². The van der Waals surface area contributed by atoms with Gasteiger partial charge < -0.3 is 10.4 Å². The second kappa shape index (κ2) is 8.99. The van der Waals surface area contributed by atoms with E-state index in [2.05, 4.69) is 10.3 Å². The molecule has 2 N–H and O–H groups in total. The Kier molecular flexibility index (Phi) is 6.54. The quantitative estimate of drug-likeness (QED) is 0.490. The minimum absolute atomic E-state index is 0.0494. The summed E-state index contributed by atoms with van der Waals surface area (Å²) in [5.74, 6) is -2.53. The minimum Gasteiger partial charge on any atom is -0.481 e. The second-order valence-corrected chi connectivity index (χ2v) is 7.21. The van der Waals surface area contributed by atoms with Crippen molar-refractivity contribution in [2.24, 2.45) is 0 Å². The van der Waals surface area contributed by atoms with Crippen LogP contribution in [-0.2, 0) is 17.4 Å². The molecule has 0 spiro atoms. The number of nitrogens with one attached hydrogen (secondary N) is 1. The number of hydrogen-bond donors (Lipinski definition) is 2. The molecule has 3 aromatic rings. The molecule has 0 amide bonds. The third-order valence-corrected chi connectivity index (χ3v) is 4.98. The van der Waals surface area contributed by atoms with Crippen molar-refractivity contribution in [3.63, 3.8) is 0 Å². The number of carbonyl (C=O) groups is 1. The topological polar surface area (TPSA) is 84.2 Å². The molecule has 168 valence electrons. The number of benzene rings is 2. The van der Waals surface area contributed by atoms with Crippen LogP contribution in [0.3, 0.4) is 0 Å². The van der Waals surface area contributed by atoms with Gasteiger partial charge in [0, 0.05) is 12.1 Å². The van der Waals surface area contributed by atoms with Gasteiger partial charge >= 0.3 is 12.1 Å². The van der Waals surface area contributed by atoms with E-state index in [1.54, 1.807) is 24.3 Å². The van der Waals surface area contributed by atoms with Gasteiger partial charge in [-0.05, 0) is 49.2 Å². The van der Waals surface area contributed by atoms with E-state index >= 15 is 0 Å². The van der Waals surface area contributed by atoms with E-state index in [0.29, 0.717) is 24.2 Å². The Morgan fingerprint density at radius 2 is 1.84 bits per heavy atom. The van der Waals surface area contributed by atoms with Gasteiger partial charge in [0.25, 0.3) is 5.56 Å². The molecule has 3 rings (SSSR count). The molecule has 0 bridgehead atoms. The van der Waals surface area contributed by atoms with Crippen molar-refractivity contribution in [2.45, 2.75) is 25.9 Å². The number of nitrogens with zero attached hydrogens (tertiary/aromatic N) is 2. The van der Waals surface area contributed by atoms with Crippen molar-refractivity contribution in [3.05, 3.63) is 80.6 Å². The molecule has 0 aliphatic heterocycles. The van der Waals surface area contributed by atoms with E-state index < -0.39 is 29.1 Å².